The number of anilines is 1. The number of carbonyl (C=O) groups excluding carboxylic acids is 2. The minimum absolute atomic E-state index is 0.0479. The first-order valence-corrected chi connectivity index (χ1v) is 12.2. The summed E-state index contributed by atoms with van der Waals surface area (Å²) in [5.74, 6) is -0.0869. The molecule has 0 bridgehead atoms. The van der Waals surface area contributed by atoms with Crippen LogP contribution in [0, 0.1) is 5.92 Å². The Labute approximate surface area is 187 Å². The highest BCUT2D eigenvalue weighted by atomic mass is 16.2. The van der Waals surface area contributed by atoms with Crippen LogP contribution in [-0.2, 0) is 11.3 Å². The van der Waals surface area contributed by atoms with Gasteiger partial charge in [-0.15, -0.1) is 0 Å². The van der Waals surface area contributed by atoms with Crippen molar-refractivity contribution in [3.63, 3.8) is 0 Å². The standard InChI is InChI=1S/C25H38N4O2/c1-27(22-12-3-2-4-13-22)18-20-10-5-6-14-23(20)26-24(30)21-11-9-17-29(19-21)25(31)28-15-7-8-16-28/h5-6,10,14,21-22H,2-4,7-9,11-13,15-19H2,1H3,(H,26,30)/t21-/m1/s1. The number of likely N-dealkylation sites (tertiary alicyclic amines) is 2. The molecule has 3 aliphatic rings. The molecule has 6 heteroatoms. The quantitative estimate of drug-likeness (QED) is 0.763. The summed E-state index contributed by atoms with van der Waals surface area (Å²) in [6.45, 7) is 3.86. The third-order valence-corrected chi connectivity index (χ3v) is 7.33. The number of hydrogen-bond acceptors (Lipinski definition) is 3. The number of urea groups is 1. The van der Waals surface area contributed by atoms with Gasteiger partial charge in [0.25, 0.3) is 0 Å². The van der Waals surface area contributed by atoms with E-state index in [2.05, 4.69) is 29.4 Å². The van der Waals surface area contributed by atoms with Crippen molar-refractivity contribution in [1.82, 2.24) is 14.7 Å². The normalized spacial score (nSPS) is 22.7. The van der Waals surface area contributed by atoms with Crippen molar-refractivity contribution in [3.05, 3.63) is 29.8 Å². The van der Waals surface area contributed by atoms with Gasteiger partial charge in [0.05, 0.1) is 5.92 Å². The van der Waals surface area contributed by atoms with Crippen LogP contribution in [0.2, 0.25) is 0 Å². The number of para-hydroxylation sites is 1. The maximum Gasteiger partial charge on any atom is 0.320 e. The Morgan fingerprint density at radius 1 is 0.935 bits per heavy atom. The van der Waals surface area contributed by atoms with E-state index in [-0.39, 0.29) is 17.9 Å². The van der Waals surface area contributed by atoms with Gasteiger partial charge in [0.15, 0.2) is 0 Å². The van der Waals surface area contributed by atoms with Crippen LogP contribution >= 0.6 is 0 Å². The number of nitrogens with one attached hydrogen (secondary N) is 1. The smallest absolute Gasteiger partial charge is 0.320 e. The van der Waals surface area contributed by atoms with E-state index < -0.39 is 0 Å². The Morgan fingerprint density at radius 2 is 1.65 bits per heavy atom. The number of amides is 3. The lowest BCUT2D eigenvalue weighted by molar-refractivity contribution is -0.121. The number of benzene rings is 1. The summed E-state index contributed by atoms with van der Waals surface area (Å²) < 4.78 is 0. The Hall–Kier alpha value is -2.08. The molecule has 170 valence electrons. The first-order valence-electron chi connectivity index (χ1n) is 12.2. The molecule has 2 saturated heterocycles. The van der Waals surface area contributed by atoms with Crippen LogP contribution in [0.1, 0.15) is 63.4 Å². The predicted octanol–water partition coefficient (Wildman–Crippen LogP) is 4.32. The van der Waals surface area contributed by atoms with Gasteiger partial charge in [-0.3, -0.25) is 9.69 Å². The Balaban J connectivity index is 1.36. The van der Waals surface area contributed by atoms with Gasteiger partial charge < -0.3 is 15.1 Å². The van der Waals surface area contributed by atoms with Crippen molar-refractivity contribution >= 4 is 17.6 Å². The molecule has 4 rings (SSSR count). The summed E-state index contributed by atoms with van der Waals surface area (Å²) in [6.07, 6.45) is 10.5. The van der Waals surface area contributed by atoms with Crippen LogP contribution in [0.15, 0.2) is 24.3 Å². The van der Waals surface area contributed by atoms with E-state index in [4.69, 9.17) is 0 Å². The number of rotatable bonds is 5. The topological polar surface area (TPSA) is 55.9 Å². The van der Waals surface area contributed by atoms with Crippen molar-refractivity contribution < 1.29 is 9.59 Å². The molecule has 2 aliphatic heterocycles. The molecular weight excluding hydrogens is 388 g/mol. The van der Waals surface area contributed by atoms with Crippen molar-refractivity contribution in [1.29, 1.82) is 0 Å². The van der Waals surface area contributed by atoms with E-state index >= 15 is 0 Å². The van der Waals surface area contributed by atoms with E-state index in [1.807, 2.05) is 21.9 Å². The molecule has 1 saturated carbocycles. The minimum Gasteiger partial charge on any atom is -0.325 e. The summed E-state index contributed by atoms with van der Waals surface area (Å²) in [6, 6.07) is 8.93. The fourth-order valence-electron chi connectivity index (χ4n) is 5.41. The van der Waals surface area contributed by atoms with Gasteiger partial charge in [0.2, 0.25) is 5.91 Å². The van der Waals surface area contributed by atoms with Crippen LogP contribution in [0.3, 0.4) is 0 Å². The second-order valence-electron chi connectivity index (χ2n) is 9.62. The first-order chi connectivity index (χ1) is 15.1. The molecule has 3 amide bonds. The van der Waals surface area contributed by atoms with Crippen LogP contribution in [-0.4, -0.2) is 65.9 Å². The highest BCUT2D eigenvalue weighted by Crippen LogP contribution is 2.26. The van der Waals surface area contributed by atoms with Crippen LogP contribution in [0.5, 0.6) is 0 Å². The van der Waals surface area contributed by atoms with E-state index in [0.29, 0.717) is 12.6 Å². The molecule has 0 aromatic heterocycles. The van der Waals surface area contributed by atoms with Gasteiger partial charge in [-0.2, -0.15) is 0 Å². The maximum atomic E-state index is 13.1. The molecule has 3 fully saturated rings. The first kappa shape index (κ1) is 22.1. The van der Waals surface area contributed by atoms with E-state index in [1.165, 1.54) is 37.7 Å². The largest absolute Gasteiger partial charge is 0.325 e. The Bertz CT molecular complexity index is 756. The lowest BCUT2D eigenvalue weighted by Gasteiger charge is -2.35. The number of carbonyl (C=O) groups is 2. The second-order valence-corrected chi connectivity index (χ2v) is 9.62. The second kappa shape index (κ2) is 10.5. The molecule has 1 aliphatic carbocycles. The number of hydrogen-bond donors (Lipinski definition) is 1. The predicted molar refractivity (Wildman–Crippen MR) is 124 cm³/mol. The lowest BCUT2D eigenvalue weighted by atomic mass is 9.94. The van der Waals surface area contributed by atoms with E-state index in [9.17, 15) is 9.59 Å². The van der Waals surface area contributed by atoms with Crippen molar-refractivity contribution in [3.8, 4) is 0 Å². The van der Waals surface area contributed by atoms with Gasteiger partial charge in [-0.05, 0) is 57.2 Å². The molecule has 1 aromatic carbocycles. The summed E-state index contributed by atoms with van der Waals surface area (Å²) >= 11 is 0. The molecule has 1 aromatic rings. The molecule has 0 radical (unpaired) electrons. The molecular formula is C25H38N4O2. The highest BCUT2D eigenvalue weighted by Gasteiger charge is 2.31. The van der Waals surface area contributed by atoms with Crippen LogP contribution in [0.25, 0.3) is 0 Å². The van der Waals surface area contributed by atoms with Crippen molar-refractivity contribution in [2.45, 2.75) is 70.4 Å². The fourth-order valence-corrected chi connectivity index (χ4v) is 5.41. The Kier molecular flexibility index (Phi) is 7.49. The molecule has 6 nitrogen and oxygen atoms in total. The summed E-state index contributed by atoms with van der Waals surface area (Å²) in [5, 5.41) is 3.20. The minimum atomic E-state index is -0.135. The number of piperidine rings is 1. The van der Waals surface area contributed by atoms with Crippen LogP contribution < -0.4 is 5.32 Å². The van der Waals surface area contributed by atoms with Gasteiger partial charge >= 0.3 is 6.03 Å². The average Bonchev–Trinajstić information content (AvgIpc) is 3.35. The van der Waals surface area contributed by atoms with Gasteiger partial charge in [-0.1, -0.05) is 37.5 Å². The van der Waals surface area contributed by atoms with Crippen LogP contribution in [0.4, 0.5) is 10.5 Å². The van der Waals surface area contributed by atoms with Gasteiger partial charge in [-0.25, -0.2) is 4.79 Å². The summed E-state index contributed by atoms with van der Waals surface area (Å²) in [7, 11) is 2.21. The molecule has 0 unspecified atom stereocenters. The monoisotopic (exact) mass is 426 g/mol. The zero-order valence-electron chi connectivity index (χ0n) is 19.0. The molecule has 31 heavy (non-hydrogen) atoms. The number of nitrogens with zero attached hydrogens (tertiary/aromatic N) is 3. The summed E-state index contributed by atoms with van der Waals surface area (Å²) in [5.41, 5.74) is 2.09. The van der Waals surface area contributed by atoms with Crippen molar-refractivity contribution in [2.24, 2.45) is 5.92 Å². The fraction of sp³-hybridized carbons (Fsp3) is 0.680. The van der Waals surface area contributed by atoms with Gasteiger partial charge in [0.1, 0.15) is 0 Å². The van der Waals surface area contributed by atoms with E-state index in [0.717, 1.165) is 57.5 Å². The third-order valence-electron chi connectivity index (χ3n) is 7.33. The van der Waals surface area contributed by atoms with Crippen molar-refractivity contribution in [2.75, 3.05) is 38.5 Å². The average molecular weight is 427 g/mol. The maximum absolute atomic E-state index is 13.1. The lowest BCUT2D eigenvalue weighted by Crippen LogP contribution is -2.48. The third kappa shape index (κ3) is 5.59. The van der Waals surface area contributed by atoms with E-state index in [1.54, 1.807) is 0 Å². The zero-order chi connectivity index (χ0) is 21.6. The summed E-state index contributed by atoms with van der Waals surface area (Å²) in [4.78, 5) is 32.2. The zero-order valence-corrected chi connectivity index (χ0v) is 19.0. The van der Waals surface area contributed by atoms with Gasteiger partial charge in [0, 0.05) is 44.5 Å². The molecule has 2 heterocycles. The SMILES string of the molecule is CN(Cc1ccccc1NC(=O)[C@@H]1CCCN(C(=O)N2CCCC2)C1)C1CCCCC1. The Morgan fingerprint density at radius 3 is 2.42 bits per heavy atom. The molecule has 0 spiro atoms. The molecule has 1 atom stereocenters. The highest BCUT2D eigenvalue weighted by molar-refractivity contribution is 5.93. The molecule has 1 N–H and O–H groups in total.